The first-order chi connectivity index (χ1) is 20.8. The Bertz CT molecular complexity index is 1790. The van der Waals surface area contributed by atoms with Crippen LogP contribution in [0.3, 0.4) is 0 Å². The van der Waals surface area contributed by atoms with E-state index in [1.54, 1.807) is 55.5 Å². The zero-order valence-corrected chi connectivity index (χ0v) is 25.9. The third-order valence-electron chi connectivity index (χ3n) is 7.27. The number of nitrogens with one attached hydrogen (secondary N) is 1. The highest BCUT2D eigenvalue weighted by molar-refractivity contribution is 9.10. The summed E-state index contributed by atoms with van der Waals surface area (Å²) in [5, 5.41) is 2.50. The number of carbonyl (C=O) groups excluding carboxylic acids is 4. The molecule has 12 heteroatoms. The maximum Gasteiger partial charge on any atom is 0.338 e. The van der Waals surface area contributed by atoms with Gasteiger partial charge in [-0.3, -0.25) is 23.7 Å². The van der Waals surface area contributed by atoms with E-state index in [-0.39, 0.29) is 29.8 Å². The van der Waals surface area contributed by atoms with E-state index in [9.17, 15) is 24.0 Å². The van der Waals surface area contributed by atoms with Gasteiger partial charge in [0, 0.05) is 21.0 Å². The van der Waals surface area contributed by atoms with Crippen molar-refractivity contribution in [2.24, 2.45) is 5.92 Å². The minimum atomic E-state index is -0.771. The molecular weight excluding hydrogens is 654 g/mol. The second kappa shape index (κ2) is 11.9. The molecule has 3 heterocycles. The van der Waals surface area contributed by atoms with Gasteiger partial charge in [-0.05, 0) is 61.0 Å². The van der Waals surface area contributed by atoms with E-state index in [1.165, 1.54) is 21.2 Å². The van der Waals surface area contributed by atoms with Gasteiger partial charge in [0.1, 0.15) is 11.8 Å². The average molecular weight is 679 g/mol. The average Bonchev–Trinajstić information content (AvgIpc) is 3.44. The molecule has 1 N–H and O–H groups in total. The second-order valence-electron chi connectivity index (χ2n) is 9.91. The number of ether oxygens (including phenoxy) is 1. The Balaban J connectivity index is 1.33. The van der Waals surface area contributed by atoms with Crippen molar-refractivity contribution in [3.05, 3.63) is 109 Å². The number of esters is 1. The molecule has 3 amide bonds. The minimum absolute atomic E-state index is 0.253. The zero-order valence-electron chi connectivity index (χ0n) is 22.7. The smallest absolute Gasteiger partial charge is 0.338 e. The van der Waals surface area contributed by atoms with Crippen molar-refractivity contribution in [3.63, 3.8) is 0 Å². The number of halogens is 1. The third kappa shape index (κ3) is 5.46. The summed E-state index contributed by atoms with van der Waals surface area (Å²) in [5.41, 5.74) is 2.10. The third-order valence-corrected chi connectivity index (χ3v) is 10.4. The number of rotatable bonds is 7. The van der Waals surface area contributed by atoms with E-state index in [4.69, 9.17) is 4.74 Å². The lowest BCUT2D eigenvalue weighted by molar-refractivity contribution is -0.122. The van der Waals surface area contributed by atoms with Crippen molar-refractivity contribution >= 4 is 74.1 Å². The maximum absolute atomic E-state index is 13.9. The molecule has 4 aromatic rings. The first-order valence-corrected chi connectivity index (χ1v) is 15.9. The summed E-state index contributed by atoms with van der Waals surface area (Å²) in [7, 11) is 0. The van der Waals surface area contributed by atoms with Crippen LogP contribution in [0.15, 0.2) is 93.2 Å². The summed E-state index contributed by atoms with van der Waals surface area (Å²) in [6.45, 7) is 1.69. The largest absolute Gasteiger partial charge is 0.462 e. The molecular formula is C31H24BrN3O6S2. The molecule has 1 aromatic heterocycles. The molecule has 0 spiro atoms. The van der Waals surface area contributed by atoms with Gasteiger partial charge in [-0.1, -0.05) is 69.4 Å². The Labute approximate surface area is 263 Å². The highest BCUT2D eigenvalue weighted by Gasteiger charge is 2.56. The van der Waals surface area contributed by atoms with Crippen LogP contribution in [0, 0.1) is 5.92 Å². The number of aromatic nitrogens is 1. The number of nitrogens with zero attached hydrogens (tertiary/aromatic N) is 2. The fourth-order valence-corrected chi connectivity index (χ4v) is 8.40. The fourth-order valence-electron chi connectivity index (χ4n) is 5.36. The Morgan fingerprint density at radius 3 is 2.30 bits per heavy atom. The highest BCUT2D eigenvalue weighted by Crippen LogP contribution is 2.53. The van der Waals surface area contributed by atoms with Crippen LogP contribution in [0.4, 0.5) is 11.4 Å². The fraction of sp³-hybridized carbons (Fsp3) is 0.194. The molecule has 1 saturated heterocycles. The van der Waals surface area contributed by atoms with Crippen LogP contribution in [0.5, 0.6) is 0 Å². The van der Waals surface area contributed by atoms with E-state index < -0.39 is 29.0 Å². The van der Waals surface area contributed by atoms with Gasteiger partial charge in [0.2, 0.25) is 17.7 Å². The van der Waals surface area contributed by atoms with Gasteiger partial charge in [-0.15, -0.1) is 0 Å². The van der Waals surface area contributed by atoms with Gasteiger partial charge in [-0.25, -0.2) is 9.69 Å². The Kier molecular flexibility index (Phi) is 8.08. The molecule has 3 aromatic carbocycles. The van der Waals surface area contributed by atoms with Crippen LogP contribution in [-0.2, 0) is 25.7 Å². The predicted octanol–water partition coefficient (Wildman–Crippen LogP) is 5.28. The number of hydrogen-bond acceptors (Lipinski definition) is 8. The van der Waals surface area contributed by atoms with Crippen LogP contribution in [0.2, 0.25) is 0 Å². The van der Waals surface area contributed by atoms with Crippen LogP contribution >= 0.6 is 39.0 Å². The van der Waals surface area contributed by atoms with Gasteiger partial charge < -0.3 is 10.1 Å². The van der Waals surface area contributed by atoms with Crippen molar-refractivity contribution in [1.29, 1.82) is 0 Å². The normalized spacial score (nSPS) is 19.1. The number of anilines is 2. The van der Waals surface area contributed by atoms with Crippen molar-refractivity contribution < 1.29 is 23.9 Å². The van der Waals surface area contributed by atoms with Gasteiger partial charge in [-0.2, -0.15) is 0 Å². The predicted molar refractivity (Wildman–Crippen MR) is 168 cm³/mol. The number of imide groups is 1. The second-order valence-corrected chi connectivity index (χ2v) is 12.9. The molecule has 0 saturated carbocycles. The molecule has 9 nitrogen and oxygen atoms in total. The quantitative estimate of drug-likeness (QED) is 0.209. The molecule has 6 rings (SSSR count). The molecule has 3 atom stereocenters. The van der Waals surface area contributed by atoms with Crippen molar-refractivity contribution in [1.82, 2.24) is 4.57 Å². The molecule has 2 aliphatic heterocycles. The molecule has 218 valence electrons. The lowest BCUT2D eigenvalue weighted by Crippen LogP contribution is -2.33. The van der Waals surface area contributed by atoms with Gasteiger partial charge in [0.05, 0.1) is 28.8 Å². The van der Waals surface area contributed by atoms with E-state index >= 15 is 0 Å². The van der Waals surface area contributed by atoms with Crippen LogP contribution in [0.25, 0.3) is 0 Å². The standard InChI is InChI=1S/C31H24BrN3O6S2/c1-2-41-30(39)18-10-14-20(15-11-18)33-22(36)16-34-29-26(43-31(34)40)23(17-8-12-19(32)13-9-17)24-25(42-29)28(38)35(27(24)37)21-6-4-3-5-7-21/h3-15,23-25H,2,16H2,1H3,(H,33,36). The van der Waals surface area contributed by atoms with Crippen molar-refractivity contribution in [2.75, 3.05) is 16.8 Å². The number of thiazole rings is 1. The Hall–Kier alpha value is -4.00. The van der Waals surface area contributed by atoms with Gasteiger partial charge in [0.25, 0.3) is 0 Å². The molecule has 0 aliphatic carbocycles. The Morgan fingerprint density at radius 1 is 0.930 bits per heavy atom. The Morgan fingerprint density at radius 2 is 1.63 bits per heavy atom. The topological polar surface area (TPSA) is 115 Å². The zero-order chi connectivity index (χ0) is 30.2. The first-order valence-electron chi connectivity index (χ1n) is 13.4. The van der Waals surface area contributed by atoms with E-state index in [2.05, 4.69) is 21.2 Å². The lowest BCUT2D eigenvalue weighted by atomic mass is 9.83. The number of hydrogen-bond donors (Lipinski definition) is 1. The highest BCUT2D eigenvalue weighted by atomic mass is 79.9. The summed E-state index contributed by atoms with van der Waals surface area (Å²) >= 11 is 5.61. The number of fused-ring (bicyclic) bond motifs is 2. The molecule has 2 aliphatic rings. The van der Waals surface area contributed by atoms with Crippen LogP contribution < -0.4 is 15.1 Å². The van der Waals surface area contributed by atoms with Crippen LogP contribution in [0.1, 0.15) is 33.6 Å². The summed E-state index contributed by atoms with van der Waals surface area (Å²) in [6, 6.07) is 22.6. The van der Waals surface area contributed by atoms with E-state index in [0.717, 1.165) is 21.4 Å². The van der Waals surface area contributed by atoms with Crippen molar-refractivity contribution in [2.45, 2.75) is 29.7 Å². The van der Waals surface area contributed by atoms with Gasteiger partial charge >= 0.3 is 10.8 Å². The number of carbonyl (C=O) groups is 4. The summed E-state index contributed by atoms with van der Waals surface area (Å²) in [4.78, 5) is 67.6. The molecule has 3 unspecified atom stereocenters. The SMILES string of the molecule is CCOC(=O)c1ccc(NC(=O)Cn2c3c(sc2=O)C(c2ccc(Br)cc2)C2C(=O)N(c4ccccc4)C(=O)C2S3)cc1. The van der Waals surface area contributed by atoms with E-state index in [0.29, 0.717) is 26.8 Å². The minimum Gasteiger partial charge on any atom is -0.462 e. The van der Waals surface area contributed by atoms with Crippen molar-refractivity contribution in [3.8, 4) is 0 Å². The van der Waals surface area contributed by atoms with Gasteiger partial charge in [0.15, 0.2) is 0 Å². The number of thioether (sulfide) groups is 1. The molecule has 0 radical (unpaired) electrons. The molecule has 43 heavy (non-hydrogen) atoms. The monoisotopic (exact) mass is 677 g/mol. The lowest BCUT2D eigenvalue weighted by Gasteiger charge is -2.30. The number of benzene rings is 3. The maximum atomic E-state index is 13.9. The molecule has 0 bridgehead atoms. The summed E-state index contributed by atoms with van der Waals surface area (Å²) < 4.78 is 7.22. The summed E-state index contributed by atoms with van der Waals surface area (Å²) in [6.07, 6.45) is 0. The first kappa shape index (κ1) is 29.1. The van der Waals surface area contributed by atoms with Crippen LogP contribution in [-0.4, -0.2) is 40.1 Å². The van der Waals surface area contributed by atoms with E-state index in [1.807, 2.05) is 30.3 Å². The number of amides is 3. The summed E-state index contributed by atoms with van der Waals surface area (Å²) in [5.74, 6) is -2.84. The molecule has 1 fully saturated rings. The number of para-hydroxylation sites is 1.